The van der Waals surface area contributed by atoms with Crippen LogP contribution >= 0.6 is 11.8 Å². The van der Waals surface area contributed by atoms with E-state index in [0.29, 0.717) is 5.82 Å². The fourth-order valence-electron chi connectivity index (χ4n) is 1.92. The lowest BCUT2D eigenvalue weighted by molar-refractivity contribution is 1.08. The number of nitrogens with two attached hydrogens (primary N) is 1. The molecular formula is C14H15N5S. The Morgan fingerprint density at radius 1 is 1.30 bits per heavy atom. The van der Waals surface area contributed by atoms with E-state index in [1.807, 2.05) is 24.4 Å². The molecule has 20 heavy (non-hydrogen) atoms. The number of hydrogen-bond acceptors (Lipinski definition) is 5. The summed E-state index contributed by atoms with van der Waals surface area (Å²) in [7, 11) is 0. The Labute approximate surface area is 121 Å². The molecule has 0 spiro atoms. The molecule has 0 aliphatic heterocycles. The van der Waals surface area contributed by atoms with Gasteiger partial charge in [-0.3, -0.25) is 0 Å². The van der Waals surface area contributed by atoms with Gasteiger partial charge in [-0.1, -0.05) is 23.9 Å². The average molecular weight is 285 g/mol. The van der Waals surface area contributed by atoms with E-state index >= 15 is 0 Å². The zero-order valence-corrected chi connectivity index (χ0v) is 11.9. The van der Waals surface area contributed by atoms with Crippen molar-refractivity contribution in [1.29, 1.82) is 0 Å². The molecule has 1 aromatic carbocycles. The van der Waals surface area contributed by atoms with E-state index in [0.717, 1.165) is 27.5 Å². The number of aryl methyl sites for hydroxylation is 1. The molecule has 0 unspecified atom stereocenters. The summed E-state index contributed by atoms with van der Waals surface area (Å²) in [4.78, 5) is 12.1. The molecule has 3 aromatic rings. The van der Waals surface area contributed by atoms with Crippen molar-refractivity contribution in [3.8, 4) is 0 Å². The minimum atomic E-state index is 0.665. The van der Waals surface area contributed by atoms with E-state index in [-0.39, 0.29) is 0 Å². The minimum absolute atomic E-state index is 0.665. The lowest BCUT2D eigenvalue weighted by Gasteiger charge is -2.01. The van der Waals surface area contributed by atoms with Crippen LogP contribution in [0, 0.1) is 6.92 Å². The first-order chi connectivity index (χ1) is 9.74. The van der Waals surface area contributed by atoms with E-state index in [1.165, 1.54) is 5.56 Å². The van der Waals surface area contributed by atoms with Crippen LogP contribution in [0.3, 0.4) is 0 Å². The third kappa shape index (κ3) is 2.76. The Morgan fingerprint density at radius 2 is 2.20 bits per heavy atom. The van der Waals surface area contributed by atoms with Crippen LogP contribution in [0.1, 0.15) is 11.1 Å². The van der Waals surface area contributed by atoms with Crippen molar-refractivity contribution in [3.63, 3.8) is 0 Å². The first-order valence-electron chi connectivity index (χ1n) is 6.25. The predicted molar refractivity (Wildman–Crippen MR) is 82.4 cm³/mol. The predicted octanol–water partition coefficient (Wildman–Crippen LogP) is 2.84. The molecule has 5 nitrogen and oxygen atoms in total. The fourth-order valence-corrected chi connectivity index (χ4v) is 2.73. The number of anilines is 1. The van der Waals surface area contributed by atoms with Crippen LogP contribution in [0.2, 0.25) is 0 Å². The molecule has 4 N–H and O–H groups in total. The van der Waals surface area contributed by atoms with Crippen LogP contribution in [0.4, 0.5) is 5.82 Å². The second-order valence-electron chi connectivity index (χ2n) is 4.55. The lowest BCUT2D eigenvalue weighted by Crippen LogP contribution is -2.08. The largest absolute Gasteiger partial charge is 0.333 e. The average Bonchev–Trinajstić information content (AvgIpc) is 2.87. The van der Waals surface area contributed by atoms with Gasteiger partial charge in [0.1, 0.15) is 5.82 Å². The summed E-state index contributed by atoms with van der Waals surface area (Å²) >= 11 is 1.66. The third-order valence-electron chi connectivity index (χ3n) is 2.96. The van der Waals surface area contributed by atoms with E-state index in [2.05, 4.69) is 39.4 Å². The molecule has 6 heteroatoms. The van der Waals surface area contributed by atoms with Gasteiger partial charge in [0, 0.05) is 11.9 Å². The Balaban J connectivity index is 1.72. The van der Waals surface area contributed by atoms with Crippen LogP contribution < -0.4 is 11.3 Å². The molecule has 0 aliphatic rings. The minimum Gasteiger partial charge on any atom is -0.333 e. The zero-order valence-electron chi connectivity index (χ0n) is 11.1. The van der Waals surface area contributed by atoms with Gasteiger partial charge in [-0.15, -0.1) is 0 Å². The molecule has 0 saturated heterocycles. The first kappa shape index (κ1) is 13.0. The summed E-state index contributed by atoms with van der Waals surface area (Å²) in [5.74, 6) is 6.77. The first-order valence-corrected chi connectivity index (χ1v) is 7.24. The van der Waals surface area contributed by atoms with Gasteiger partial charge in [-0.2, -0.15) is 0 Å². The summed E-state index contributed by atoms with van der Waals surface area (Å²) in [6.07, 6.45) is 1.81. The summed E-state index contributed by atoms with van der Waals surface area (Å²) in [5.41, 5.74) is 6.95. The zero-order chi connectivity index (χ0) is 13.9. The summed E-state index contributed by atoms with van der Waals surface area (Å²) in [5, 5.41) is 0.923. The molecule has 3 rings (SSSR count). The van der Waals surface area contributed by atoms with E-state index < -0.39 is 0 Å². The maximum atomic E-state index is 5.29. The molecule has 0 radical (unpaired) electrons. The molecule has 0 atom stereocenters. The Bertz CT molecular complexity index is 720. The number of thioether (sulfide) groups is 1. The van der Waals surface area contributed by atoms with E-state index in [4.69, 9.17) is 5.84 Å². The molecule has 2 heterocycles. The topological polar surface area (TPSA) is 79.6 Å². The number of nitrogens with zero attached hydrogens (tertiary/aromatic N) is 2. The van der Waals surface area contributed by atoms with Gasteiger partial charge in [0.15, 0.2) is 5.16 Å². The van der Waals surface area contributed by atoms with Crippen molar-refractivity contribution in [2.45, 2.75) is 17.8 Å². The molecule has 0 fully saturated rings. The molecule has 2 aromatic heterocycles. The number of nitrogens with one attached hydrogen (secondary N) is 2. The highest BCUT2D eigenvalue weighted by Crippen LogP contribution is 2.23. The van der Waals surface area contributed by atoms with Crippen molar-refractivity contribution < 1.29 is 0 Å². The highest BCUT2D eigenvalue weighted by atomic mass is 32.2. The number of benzene rings is 1. The van der Waals surface area contributed by atoms with Gasteiger partial charge >= 0.3 is 0 Å². The molecule has 0 amide bonds. The van der Waals surface area contributed by atoms with Gasteiger partial charge in [0.25, 0.3) is 0 Å². The number of imidazole rings is 1. The van der Waals surface area contributed by atoms with Gasteiger partial charge in [0.2, 0.25) is 0 Å². The molecule has 0 aliphatic carbocycles. The summed E-state index contributed by atoms with van der Waals surface area (Å²) < 4.78 is 0. The summed E-state index contributed by atoms with van der Waals surface area (Å²) in [6, 6.07) is 10.1. The van der Waals surface area contributed by atoms with Crippen molar-refractivity contribution in [3.05, 3.63) is 47.7 Å². The maximum Gasteiger partial charge on any atom is 0.166 e. The SMILES string of the molecule is Cc1ccc2nc(SCc3ccc(NN)nc3)[nH]c2c1. The fraction of sp³-hybridized carbons (Fsp3) is 0.143. The highest BCUT2D eigenvalue weighted by Gasteiger charge is 2.04. The number of pyridine rings is 1. The molecule has 102 valence electrons. The van der Waals surface area contributed by atoms with Gasteiger partial charge < -0.3 is 10.4 Å². The van der Waals surface area contributed by atoms with Gasteiger partial charge in [0.05, 0.1) is 11.0 Å². The Hall–Kier alpha value is -2.05. The number of nitrogen functional groups attached to an aromatic ring is 1. The number of H-pyrrole nitrogens is 1. The number of aromatic amines is 1. The standard InChI is InChI=1S/C14H15N5S/c1-9-2-4-11-12(6-9)18-14(17-11)20-8-10-3-5-13(19-15)16-7-10/h2-7H,8,15H2,1H3,(H,16,19)(H,17,18). The lowest BCUT2D eigenvalue weighted by atomic mass is 10.2. The molecule has 0 bridgehead atoms. The number of fused-ring (bicyclic) bond motifs is 1. The van der Waals surface area contributed by atoms with Crippen molar-refractivity contribution in [1.82, 2.24) is 15.0 Å². The van der Waals surface area contributed by atoms with E-state index in [1.54, 1.807) is 11.8 Å². The number of hydrazine groups is 1. The van der Waals surface area contributed by atoms with Crippen LogP contribution in [-0.4, -0.2) is 15.0 Å². The van der Waals surface area contributed by atoms with Crippen LogP contribution in [0.5, 0.6) is 0 Å². The second-order valence-corrected chi connectivity index (χ2v) is 5.51. The van der Waals surface area contributed by atoms with Crippen molar-refractivity contribution in [2.75, 3.05) is 5.43 Å². The van der Waals surface area contributed by atoms with Gasteiger partial charge in [-0.25, -0.2) is 15.8 Å². The third-order valence-corrected chi connectivity index (χ3v) is 3.91. The van der Waals surface area contributed by atoms with Crippen LogP contribution in [0.15, 0.2) is 41.7 Å². The maximum absolute atomic E-state index is 5.29. The quantitative estimate of drug-likeness (QED) is 0.390. The summed E-state index contributed by atoms with van der Waals surface area (Å²) in [6.45, 7) is 2.08. The van der Waals surface area contributed by atoms with Crippen LogP contribution in [0.25, 0.3) is 11.0 Å². The number of rotatable bonds is 4. The van der Waals surface area contributed by atoms with Crippen molar-refractivity contribution in [2.24, 2.45) is 5.84 Å². The van der Waals surface area contributed by atoms with Gasteiger partial charge in [-0.05, 0) is 36.2 Å². The normalized spacial score (nSPS) is 10.9. The molecular weight excluding hydrogens is 270 g/mol. The highest BCUT2D eigenvalue weighted by molar-refractivity contribution is 7.98. The van der Waals surface area contributed by atoms with Crippen molar-refractivity contribution >= 4 is 28.6 Å². The Morgan fingerprint density at radius 3 is 2.95 bits per heavy atom. The Kier molecular flexibility index (Phi) is 3.58. The van der Waals surface area contributed by atoms with E-state index in [9.17, 15) is 0 Å². The second kappa shape index (κ2) is 5.52. The number of aromatic nitrogens is 3. The number of hydrogen-bond donors (Lipinski definition) is 3. The smallest absolute Gasteiger partial charge is 0.166 e. The van der Waals surface area contributed by atoms with Crippen LogP contribution in [-0.2, 0) is 5.75 Å². The monoisotopic (exact) mass is 285 g/mol. The molecule has 0 saturated carbocycles.